The van der Waals surface area contributed by atoms with Crippen molar-refractivity contribution in [3.05, 3.63) is 24.5 Å². The predicted molar refractivity (Wildman–Crippen MR) is 46.7 cm³/mol. The second-order valence-electron chi connectivity index (χ2n) is 2.27. The summed E-state index contributed by atoms with van der Waals surface area (Å²) in [6.07, 6.45) is 3.56. The van der Waals surface area contributed by atoms with Crippen LogP contribution in [0.25, 0.3) is 0 Å². The largest absolute Gasteiger partial charge is 0.384 e. The first-order valence-corrected chi connectivity index (χ1v) is 3.72. The normalized spacial score (nSPS) is 9.55. The van der Waals surface area contributed by atoms with Gasteiger partial charge in [0.2, 0.25) is 0 Å². The summed E-state index contributed by atoms with van der Waals surface area (Å²) in [6.45, 7) is 1.92. The molecule has 0 atom stereocenters. The predicted octanol–water partition coefficient (Wildman–Crippen LogP) is 0.713. The van der Waals surface area contributed by atoms with Gasteiger partial charge in [0.1, 0.15) is 0 Å². The topological polar surface area (TPSA) is 37.0 Å². The van der Waals surface area contributed by atoms with Crippen molar-refractivity contribution in [1.82, 2.24) is 10.3 Å². The van der Waals surface area contributed by atoms with Crippen LogP contribution in [0.3, 0.4) is 0 Å². The van der Waals surface area contributed by atoms with Gasteiger partial charge < -0.3 is 10.6 Å². The summed E-state index contributed by atoms with van der Waals surface area (Å²) in [5.74, 6) is 0. The van der Waals surface area contributed by atoms with Crippen LogP contribution in [0, 0.1) is 0 Å². The maximum atomic E-state index is 3.92. The van der Waals surface area contributed by atoms with Crippen molar-refractivity contribution in [2.24, 2.45) is 0 Å². The molecule has 0 radical (unpaired) electrons. The Kier molecular flexibility index (Phi) is 3.41. The highest BCUT2D eigenvalue weighted by molar-refractivity contribution is 5.40. The van der Waals surface area contributed by atoms with Crippen molar-refractivity contribution in [3.8, 4) is 0 Å². The van der Waals surface area contributed by atoms with E-state index in [1.807, 2.05) is 19.2 Å². The van der Waals surface area contributed by atoms with E-state index in [2.05, 4.69) is 15.6 Å². The first kappa shape index (κ1) is 8.01. The lowest BCUT2D eigenvalue weighted by Gasteiger charge is -2.03. The van der Waals surface area contributed by atoms with Crippen LogP contribution >= 0.6 is 0 Å². The number of aromatic nitrogens is 1. The molecule has 2 N–H and O–H groups in total. The number of hydrogen-bond acceptors (Lipinski definition) is 3. The lowest BCUT2D eigenvalue weighted by molar-refractivity contribution is 0.824. The molecular weight excluding hydrogens is 138 g/mol. The Morgan fingerprint density at radius 2 is 2.00 bits per heavy atom. The van der Waals surface area contributed by atoms with E-state index in [0.29, 0.717) is 0 Å². The van der Waals surface area contributed by atoms with Crippen molar-refractivity contribution in [2.75, 3.05) is 25.5 Å². The highest BCUT2D eigenvalue weighted by Gasteiger charge is 1.86. The van der Waals surface area contributed by atoms with Crippen LogP contribution in [-0.2, 0) is 0 Å². The molecular formula is C8H13N3. The minimum atomic E-state index is 0.945. The fourth-order valence-electron chi connectivity index (χ4n) is 0.802. The van der Waals surface area contributed by atoms with Crippen molar-refractivity contribution >= 4 is 5.69 Å². The Bertz CT molecular complexity index is 186. The maximum Gasteiger partial charge on any atom is 0.0371 e. The first-order chi connectivity index (χ1) is 5.43. The van der Waals surface area contributed by atoms with E-state index in [-0.39, 0.29) is 0 Å². The molecule has 1 aromatic heterocycles. The Morgan fingerprint density at radius 1 is 1.27 bits per heavy atom. The Hall–Kier alpha value is -1.09. The van der Waals surface area contributed by atoms with Gasteiger partial charge in [-0.1, -0.05) is 0 Å². The van der Waals surface area contributed by atoms with Gasteiger partial charge >= 0.3 is 0 Å². The molecule has 3 heteroatoms. The number of rotatable bonds is 4. The quantitative estimate of drug-likeness (QED) is 0.622. The van der Waals surface area contributed by atoms with E-state index in [9.17, 15) is 0 Å². The molecule has 0 aliphatic rings. The van der Waals surface area contributed by atoms with Gasteiger partial charge in [-0.05, 0) is 19.2 Å². The van der Waals surface area contributed by atoms with Crippen LogP contribution in [0.4, 0.5) is 5.69 Å². The van der Waals surface area contributed by atoms with Crippen molar-refractivity contribution < 1.29 is 0 Å². The standard InChI is InChI=1S/C8H13N3/c1-9-6-7-11-8-2-4-10-5-3-8/h2-5,9H,6-7H2,1H3,(H,10,11). The van der Waals surface area contributed by atoms with Crippen LogP contribution in [0.15, 0.2) is 24.5 Å². The molecule has 60 valence electrons. The number of nitrogens with zero attached hydrogens (tertiary/aromatic N) is 1. The third-order valence-corrected chi connectivity index (χ3v) is 1.38. The first-order valence-electron chi connectivity index (χ1n) is 3.72. The van der Waals surface area contributed by atoms with Crippen LogP contribution in [0.2, 0.25) is 0 Å². The van der Waals surface area contributed by atoms with E-state index in [4.69, 9.17) is 0 Å². The third kappa shape index (κ3) is 3.00. The Balaban J connectivity index is 2.28. The highest BCUT2D eigenvalue weighted by atomic mass is 14.9. The molecule has 0 spiro atoms. The van der Waals surface area contributed by atoms with E-state index >= 15 is 0 Å². The van der Waals surface area contributed by atoms with E-state index < -0.39 is 0 Å². The van der Waals surface area contributed by atoms with Crippen molar-refractivity contribution in [2.45, 2.75) is 0 Å². The van der Waals surface area contributed by atoms with Crippen LogP contribution in [0.1, 0.15) is 0 Å². The summed E-state index contributed by atoms with van der Waals surface area (Å²) in [4.78, 5) is 3.92. The minimum Gasteiger partial charge on any atom is -0.384 e. The molecule has 1 aromatic rings. The zero-order chi connectivity index (χ0) is 7.94. The molecule has 0 fully saturated rings. The Morgan fingerprint density at radius 3 is 2.64 bits per heavy atom. The molecule has 0 aliphatic heterocycles. The van der Waals surface area contributed by atoms with Crippen LogP contribution in [0.5, 0.6) is 0 Å². The zero-order valence-corrected chi connectivity index (χ0v) is 6.67. The molecule has 0 unspecified atom stereocenters. The molecule has 0 bridgehead atoms. The lowest BCUT2D eigenvalue weighted by Crippen LogP contribution is -2.17. The third-order valence-electron chi connectivity index (χ3n) is 1.38. The molecule has 3 nitrogen and oxygen atoms in total. The lowest BCUT2D eigenvalue weighted by atomic mass is 10.4. The van der Waals surface area contributed by atoms with E-state index in [0.717, 1.165) is 18.8 Å². The van der Waals surface area contributed by atoms with Gasteiger partial charge in [0.25, 0.3) is 0 Å². The second kappa shape index (κ2) is 4.68. The number of nitrogens with one attached hydrogen (secondary N) is 2. The molecule has 11 heavy (non-hydrogen) atoms. The summed E-state index contributed by atoms with van der Waals surface area (Å²) in [6, 6.07) is 3.91. The minimum absolute atomic E-state index is 0.945. The van der Waals surface area contributed by atoms with Gasteiger partial charge in [0.15, 0.2) is 0 Å². The molecule has 0 amide bonds. The summed E-state index contributed by atoms with van der Waals surface area (Å²) in [5.41, 5.74) is 1.12. The van der Waals surface area contributed by atoms with Gasteiger partial charge in [-0.25, -0.2) is 0 Å². The van der Waals surface area contributed by atoms with Gasteiger partial charge in [0.05, 0.1) is 0 Å². The summed E-state index contributed by atoms with van der Waals surface area (Å²) in [5, 5.41) is 6.30. The number of anilines is 1. The Labute approximate surface area is 66.8 Å². The molecule has 0 aliphatic carbocycles. The zero-order valence-electron chi connectivity index (χ0n) is 6.67. The fraction of sp³-hybridized carbons (Fsp3) is 0.375. The summed E-state index contributed by atoms with van der Waals surface area (Å²) < 4.78 is 0. The number of likely N-dealkylation sites (N-methyl/N-ethyl adjacent to an activating group) is 1. The van der Waals surface area contributed by atoms with Gasteiger partial charge in [0, 0.05) is 31.2 Å². The number of pyridine rings is 1. The monoisotopic (exact) mass is 151 g/mol. The maximum absolute atomic E-state index is 3.92. The van der Waals surface area contributed by atoms with Crippen LogP contribution in [-0.4, -0.2) is 25.1 Å². The SMILES string of the molecule is CNCCNc1ccncc1. The number of hydrogen-bond donors (Lipinski definition) is 2. The van der Waals surface area contributed by atoms with Gasteiger partial charge in [-0.2, -0.15) is 0 Å². The smallest absolute Gasteiger partial charge is 0.0371 e. The van der Waals surface area contributed by atoms with Crippen molar-refractivity contribution in [3.63, 3.8) is 0 Å². The molecule has 0 aromatic carbocycles. The average molecular weight is 151 g/mol. The fourth-order valence-corrected chi connectivity index (χ4v) is 0.802. The van der Waals surface area contributed by atoms with E-state index in [1.165, 1.54) is 0 Å². The van der Waals surface area contributed by atoms with Gasteiger partial charge in [-0.15, -0.1) is 0 Å². The van der Waals surface area contributed by atoms with E-state index in [1.54, 1.807) is 12.4 Å². The van der Waals surface area contributed by atoms with Crippen molar-refractivity contribution in [1.29, 1.82) is 0 Å². The molecule has 0 saturated heterocycles. The summed E-state index contributed by atoms with van der Waals surface area (Å²) >= 11 is 0. The average Bonchev–Trinajstić information content (AvgIpc) is 2.07. The molecule has 1 heterocycles. The summed E-state index contributed by atoms with van der Waals surface area (Å²) in [7, 11) is 1.94. The van der Waals surface area contributed by atoms with Gasteiger partial charge in [-0.3, -0.25) is 4.98 Å². The molecule has 0 saturated carbocycles. The second-order valence-corrected chi connectivity index (χ2v) is 2.27. The molecule has 1 rings (SSSR count). The van der Waals surface area contributed by atoms with Crippen LogP contribution < -0.4 is 10.6 Å². The highest BCUT2D eigenvalue weighted by Crippen LogP contribution is 2.00.